The van der Waals surface area contributed by atoms with Crippen molar-refractivity contribution in [2.75, 3.05) is 19.5 Å². The van der Waals surface area contributed by atoms with Crippen molar-refractivity contribution in [2.24, 2.45) is 0 Å². The molecule has 3 rings (SSSR count). The molecule has 124 valence electrons. The summed E-state index contributed by atoms with van der Waals surface area (Å²) < 4.78 is 10.6. The fourth-order valence-corrected chi connectivity index (χ4v) is 3.08. The van der Waals surface area contributed by atoms with Crippen LogP contribution in [-0.4, -0.2) is 30.3 Å². The first-order valence-corrected chi connectivity index (χ1v) is 8.19. The number of aromatic nitrogens is 2. The molecule has 0 aliphatic heterocycles. The molecule has 0 bridgehead atoms. The highest BCUT2D eigenvalue weighted by Gasteiger charge is 2.21. The fourth-order valence-electron chi connectivity index (χ4n) is 2.44. The Bertz CT molecular complexity index is 834. The van der Waals surface area contributed by atoms with E-state index in [1.54, 1.807) is 29.5 Å². The molecule has 2 aromatic heterocycles. The van der Waals surface area contributed by atoms with Gasteiger partial charge in [-0.2, -0.15) is 16.4 Å². The van der Waals surface area contributed by atoms with Crippen molar-refractivity contribution in [3.8, 4) is 22.8 Å². The van der Waals surface area contributed by atoms with Gasteiger partial charge in [-0.25, -0.2) is 0 Å². The van der Waals surface area contributed by atoms with Gasteiger partial charge in [-0.1, -0.05) is 6.07 Å². The van der Waals surface area contributed by atoms with Crippen LogP contribution in [0.3, 0.4) is 0 Å². The molecule has 24 heavy (non-hydrogen) atoms. The topological polar surface area (TPSA) is 76.2 Å². The van der Waals surface area contributed by atoms with Gasteiger partial charge in [-0.3, -0.25) is 9.89 Å². The summed E-state index contributed by atoms with van der Waals surface area (Å²) in [4.78, 5) is 12.8. The number of amides is 1. The summed E-state index contributed by atoms with van der Waals surface area (Å²) in [5.74, 6) is 0.584. The van der Waals surface area contributed by atoms with E-state index < -0.39 is 0 Å². The van der Waals surface area contributed by atoms with E-state index in [2.05, 4.69) is 15.5 Å². The smallest absolute Gasteiger partial charge is 0.263 e. The van der Waals surface area contributed by atoms with Crippen molar-refractivity contribution in [3.05, 3.63) is 46.3 Å². The van der Waals surface area contributed by atoms with Crippen LogP contribution in [-0.2, 0) is 0 Å². The Kier molecular flexibility index (Phi) is 4.52. The number of aryl methyl sites for hydroxylation is 1. The van der Waals surface area contributed by atoms with Gasteiger partial charge in [0, 0.05) is 10.9 Å². The Balaban J connectivity index is 1.99. The third-order valence-corrected chi connectivity index (χ3v) is 4.32. The number of carbonyl (C=O) groups excluding carboxylic acids is 1. The average Bonchev–Trinajstić information content (AvgIpc) is 3.24. The summed E-state index contributed by atoms with van der Waals surface area (Å²) in [7, 11) is 3.04. The lowest BCUT2D eigenvalue weighted by molar-refractivity contribution is 0.102. The summed E-state index contributed by atoms with van der Waals surface area (Å²) in [6.45, 7) is 1.86. The maximum absolute atomic E-state index is 12.8. The van der Waals surface area contributed by atoms with Gasteiger partial charge in [-0.15, -0.1) is 0 Å². The molecular weight excluding hydrogens is 326 g/mol. The van der Waals surface area contributed by atoms with E-state index in [0.717, 1.165) is 11.3 Å². The molecule has 0 saturated carbocycles. The van der Waals surface area contributed by atoms with Crippen LogP contribution in [0.5, 0.6) is 11.5 Å². The molecule has 0 aliphatic rings. The van der Waals surface area contributed by atoms with Crippen molar-refractivity contribution in [2.45, 2.75) is 6.92 Å². The molecule has 1 amide bonds. The lowest BCUT2D eigenvalue weighted by atomic mass is 10.1. The largest absolute Gasteiger partial charge is 0.496 e. The second kappa shape index (κ2) is 6.76. The Morgan fingerprint density at radius 3 is 2.50 bits per heavy atom. The molecule has 0 fully saturated rings. The third-order valence-electron chi connectivity index (χ3n) is 3.64. The number of ether oxygens (including phenoxy) is 2. The van der Waals surface area contributed by atoms with Crippen LogP contribution >= 0.6 is 11.3 Å². The number of hydrogen-bond acceptors (Lipinski definition) is 5. The lowest BCUT2D eigenvalue weighted by Crippen LogP contribution is -2.15. The van der Waals surface area contributed by atoms with E-state index in [4.69, 9.17) is 9.47 Å². The molecule has 0 saturated heterocycles. The van der Waals surface area contributed by atoms with Crippen LogP contribution in [0.2, 0.25) is 0 Å². The highest BCUT2D eigenvalue weighted by atomic mass is 32.1. The number of rotatable bonds is 5. The summed E-state index contributed by atoms with van der Waals surface area (Å²) in [6, 6.07) is 7.17. The number of hydrogen-bond donors (Lipinski definition) is 2. The minimum atomic E-state index is -0.315. The van der Waals surface area contributed by atoms with Crippen molar-refractivity contribution < 1.29 is 14.3 Å². The molecule has 6 nitrogen and oxygen atoms in total. The molecule has 0 radical (unpaired) electrons. The van der Waals surface area contributed by atoms with E-state index in [1.165, 1.54) is 14.2 Å². The Hall–Kier alpha value is -2.80. The molecule has 2 N–H and O–H groups in total. The van der Waals surface area contributed by atoms with Gasteiger partial charge in [0.05, 0.1) is 25.6 Å². The highest BCUT2D eigenvalue weighted by molar-refractivity contribution is 7.08. The van der Waals surface area contributed by atoms with Crippen molar-refractivity contribution in [3.63, 3.8) is 0 Å². The minimum Gasteiger partial charge on any atom is -0.496 e. The molecule has 7 heteroatoms. The Labute approximate surface area is 143 Å². The van der Waals surface area contributed by atoms with E-state index in [1.807, 2.05) is 23.8 Å². The monoisotopic (exact) mass is 343 g/mol. The maximum atomic E-state index is 12.8. The summed E-state index contributed by atoms with van der Waals surface area (Å²) in [5.41, 5.74) is 3.42. The van der Waals surface area contributed by atoms with Crippen LogP contribution in [0.4, 0.5) is 5.69 Å². The first kappa shape index (κ1) is 16.1. The second-order valence-electron chi connectivity index (χ2n) is 5.08. The number of anilines is 1. The van der Waals surface area contributed by atoms with E-state index in [-0.39, 0.29) is 5.91 Å². The van der Waals surface area contributed by atoms with Crippen LogP contribution in [0.25, 0.3) is 11.3 Å². The number of nitrogens with one attached hydrogen (secondary N) is 2. The molecule has 0 unspecified atom stereocenters. The van der Waals surface area contributed by atoms with Gasteiger partial charge >= 0.3 is 0 Å². The van der Waals surface area contributed by atoms with Crippen molar-refractivity contribution >= 4 is 22.9 Å². The van der Waals surface area contributed by atoms with Crippen molar-refractivity contribution in [1.29, 1.82) is 0 Å². The van der Waals surface area contributed by atoms with Gasteiger partial charge in [0.25, 0.3) is 5.91 Å². The van der Waals surface area contributed by atoms with Crippen LogP contribution in [0.1, 0.15) is 16.1 Å². The summed E-state index contributed by atoms with van der Waals surface area (Å²) >= 11 is 1.57. The van der Waals surface area contributed by atoms with E-state index in [9.17, 15) is 4.79 Å². The molecule has 0 atom stereocenters. The van der Waals surface area contributed by atoms with Gasteiger partial charge in [0.15, 0.2) is 0 Å². The van der Waals surface area contributed by atoms with E-state index in [0.29, 0.717) is 28.4 Å². The van der Waals surface area contributed by atoms with Crippen LogP contribution in [0.15, 0.2) is 35.0 Å². The second-order valence-corrected chi connectivity index (χ2v) is 5.86. The van der Waals surface area contributed by atoms with Gasteiger partial charge in [0.1, 0.15) is 22.8 Å². The van der Waals surface area contributed by atoms with Crippen LogP contribution in [0, 0.1) is 6.92 Å². The number of methoxy groups -OCH3 is 2. The maximum Gasteiger partial charge on any atom is 0.263 e. The molecule has 0 spiro atoms. The molecule has 0 aliphatic carbocycles. The number of nitrogens with zero attached hydrogens (tertiary/aromatic N) is 1. The standard InChI is InChI=1S/C17H17N3O3S/c1-10-15(16(20-19-10)11-7-8-24-9-11)18-17(21)14-12(22-2)5-4-6-13(14)23-3/h4-9H,1-3H3,(H,18,21)(H,19,20). The normalized spacial score (nSPS) is 10.5. The predicted octanol–water partition coefficient (Wildman–Crippen LogP) is 3.72. The SMILES string of the molecule is COc1cccc(OC)c1C(=O)Nc1c(-c2ccsc2)n[nH]c1C. The highest BCUT2D eigenvalue weighted by Crippen LogP contribution is 2.33. The summed E-state index contributed by atoms with van der Waals surface area (Å²) in [5, 5.41) is 14.1. The molecule has 2 heterocycles. The van der Waals surface area contributed by atoms with Gasteiger partial charge < -0.3 is 14.8 Å². The number of carbonyl (C=O) groups is 1. The zero-order valence-corrected chi connectivity index (χ0v) is 14.4. The third kappa shape index (κ3) is 2.85. The Morgan fingerprint density at radius 2 is 1.92 bits per heavy atom. The number of aromatic amines is 1. The van der Waals surface area contributed by atoms with Gasteiger partial charge in [-0.05, 0) is 30.5 Å². The van der Waals surface area contributed by atoms with Crippen LogP contribution < -0.4 is 14.8 Å². The minimum absolute atomic E-state index is 0.315. The molecular formula is C17H17N3O3S. The Morgan fingerprint density at radius 1 is 1.21 bits per heavy atom. The lowest BCUT2D eigenvalue weighted by Gasteiger charge is -2.13. The van der Waals surface area contributed by atoms with E-state index >= 15 is 0 Å². The first-order valence-electron chi connectivity index (χ1n) is 7.25. The number of H-pyrrole nitrogens is 1. The molecule has 1 aromatic carbocycles. The number of benzene rings is 1. The summed E-state index contributed by atoms with van der Waals surface area (Å²) in [6.07, 6.45) is 0. The zero-order valence-electron chi connectivity index (χ0n) is 13.5. The predicted molar refractivity (Wildman–Crippen MR) is 94.1 cm³/mol. The fraction of sp³-hybridized carbons (Fsp3) is 0.176. The first-order chi connectivity index (χ1) is 11.7. The number of thiophene rings is 1. The molecule has 3 aromatic rings. The average molecular weight is 343 g/mol. The van der Waals surface area contributed by atoms with Crippen molar-refractivity contribution in [1.82, 2.24) is 10.2 Å². The van der Waals surface area contributed by atoms with Gasteiger partial charge in [0.2, 0.25) is 0 Å². The zero-order chi connectivity index (χ0) is 17.1. The quantitative estimate of drug-likeness (QED) is 0.740.